The largest absolute Gasteiger partial charge is 0.489 e. The predicted molar refractivity (Wildman–Crippen MR) is 127 cm³/mol. The van der Waals surface area contributed by atoms with Gasteiger partial charge in [-0.1, -0.05) is 13.0 Å². The Balaban J connectivity index is 1.13. The van der Waals surface area contributed by atoms with Crippen LogP contribution in [0.1, 0.15) is 67.3 Å². The highest BCUT2D eigenvalue weighted by Crippen LogP contribution is 2.40. The molecule has 1 spiro atoms. The number of hydrogen-bond acceptors (Lipinski definition) is 5. The number of carbonyl (C=O) groups excluding carboxylic acids is 2. The fraction of sp³-hybridized carbons (Fsp3) is 0.630. The normalized spacial score (nSPS) is 31.2. The van der Waals surface area contributed by atoms with Crippen molar-refractivity contribution in [1.29, 1.82) is 0 Å². The van der Waals surface area contributed by atoms with Crippen molar-refractivity contribution in [3.8, 4) is 5.75 Å². The van der Waals surface area contributed by atoms with Crippen molar-refractivity contribution in [2.75, 3.05) is 26.3 Å². The predicted octanol–water partition coefficient (Wildman–Crippen LogP) is 3.24. The molecule has 1 aromatic rings. The highest BCUT2D eigenvalue weighted by atomic mass is 16.5. The van der Waals surface area contributed by atoms with Crippen LogP contribution in [0.2, 0.25) is 0 Å². The van der Waals surface area contributed by atoms with E-state index in [1.807, 2.05) is 18.2 Å². The minimum absolute atomic E-state index is 0.0630. The molecule has 1 saturated carbocycles. The molecule has 2 amide bonds. The Hall–Kier alpha value is -2.38. The van der Waals surface area contributed by atoms with Crippen LogP contribution in [0.15, 0.2) is 30.5 Å². The number of allylic oxidation sites excluding steroid dienone is 1. The number of amides is 2. The van der Waals surface area contributed by atoms with E-state index < -0.39 is 6.04 Å². The van der Waals surface area contributed by atoms with Gasteiger partial charge in [0.15, 0.2) is 0 Å². The molecule has 0 radical (unpaired) electrons. The summed E-state index contributed by atoms with van der Waals surface area (Å²) in [6.07, 6.45) is 8.70. The van der Waals surface area contributed by atoms with E-state index in [9.17, 15) is 9.59 Å². The minimum atomic E-state index is -0.430. The maximum absolute atomic E-state index is 13.0. The van der Waals surface area contributed by atoms with Crippen LogP contribution in [0.25, 0.3) is 0 Å². The van der Waals surface area contributed by atoms with Crippen LogP contribution in [-0.4, -0.2) is 66.1 Å². The second-order valence-electron chi connectivity index (χ2n) is 10.9. The molecule has 182 valence electrons. The highest BCUT2D eigenvalue weighted by molar-refractivity contribution is 6.01. The van der Waals surface area contributed by atoms with Crippen LogP contribution in [-0.2, 0) is 16.1 Å². The summed E-state index contributed by atoms with van der Waals surface area (Å²) >= 11 is 0. The fourth-order valence-electron chi connectivity index (χ4n) is 6.52. The van der Waals surface area contributed by atoms with E-state index in [0.29, 0.717) is 36.4 Å². The van der Waals surface area contributed by atoms with Crippen molar-refractivity contribution in [3.05, 3.63) is 41.6 Å². The first kappa shape index (κ1) is 22.1. The van der Waals surface area contributed by atoms with Crippen LogP contribution < -0.4 is 10.1 Å². The zero-order valence-electron chi connectivity index (χ0n) is 19.9. The molecule has 5 aliphatic rings. The van der Waals surface area contributed by atoms with Crippen LogP contribution in [0.3, 0.4) is 0 Å². The second-order valence-corrected chi connectivity index (χ2v) is 10.9. The number of nitrogens with one attached hydrogen (secondary N) is 1. The third kappa shape index (κ3) is 3.93. The summed E-state index contributed by atoms with van der Waals surface area (Å²) < 4.78 is 12.1. The Labute approximate surface area is 201 Å². The maximum atomic E-state index is 13.0. The van der Waals surface area contributed by atoms with Gasteiger partial charge in [0, 0.05) is 29.3 Å². The van der Waals surface area contributed by atoms with E-state index in [0.717, 1.165) is 49.7 Å². The van der Waals surface area contributed by atoms with E-state index in [1.165, 1.54) is 32.1 Å². The first-order valence-electron chi connectivity index (χ1n) is 12.9. The van der Waals surface area contributed by atoms with E-state index in [2.05, 4.69) is 16.8 Å². The Kier molecular flexibility index (Phi) is 5.65. The molecule has 3 atom stereocenters. The molecule has 3 saturated heterocycles. The number of fused-ring (bicyclic) bond motifs is 1. The lowest BCUT2D eigenvalue weighted by molar-refractivity contribution is -0.146. The monoisotopic (exact) mass is 465 g/mol. The highest BCUT2D eigenvalue weighted by Gasteiger charge is 2.44. The lowest BCUT2D eigenvalue weighted by Crippen LogP contribution is -2.56. The average Bonchev–Trinajstić information content (AvgIpc) is 3.14. The molecular weight excluding hydrogens is 430 g/mol. The van der Waals surface area contributed by atoms with Gasteiger partial charge in [-0.2, -0.15) is 0 Å². The average molecular weight is 466 g/mol. The maximum Gasteiger partial charge on any atom is 0.255 e. The topological polar surface area (TPSA) is 71.1 Å². The molecule has 34 heavy (non-hydrogen) atoms. The Bertz CT molecular complexity index is 994. The van der Waals surface area contributed by atoms with Gasteiger partial charge >= 0.3 is 0 Å². The van der Waals surface area contributed by atoms with E-state index in [1.54, 1.807) is 4.90 Å². The zero-order chi connectivity index (χ0) is 23.3. The van der Waals surface area contributed by atoms with Crippen LogP contribution in [0.4, 0.5) is 0 Å². The molecule has 0 bridgehead atoms. The first-order chi connectivity index (χ1) is 16.5. The van der Waals surface area contributed by atoms with Gasteiger partial charge in [-0.15, -0.1) is 0 Å². The molecule has 4 fully saturated rings. The summed E-state index contributed by atoms with van der Waals surface area (Å²) in [6.45, 7) is 8.45. The molecule has 4 aliphatic heterocycles. The quantitative estimate of drug-likeness (QED) is 0.739. The van der Waals surface area contributed by atoms with Crippen molar-refractivity contribution in [2.24, 2.45) is 5.41 Å². The summed E-state index contributed by atoms with van der Waals surface area (Å²) in [4.78, 5) is 29.9. The van der Waals surface area contributed by atoms with Gasteiger partial charge in [0.25, 0.3) is 5.91 Å². The number of carbonyl (C=O) groups is 2. The minimum Gasteiger partial charge on any atom is -0.489 e. The molecule has 0 aromatic heterocycles. The molecule has 4 heterocycles. The van der Waals surface area contributed by atoms with Gasteiger partial charge in [-0.25, -0.2) is 0 Å². The van der Waals surface area contributed by atoms with Crippen molar-refractivity contribution in [2.45, 2.75) is 76.1 Å². The standard InChI is InChI=1S/C27H35N3O4/c1-18-6-9-23(25(31)28-18)30-15-19-14-20(7-8-21(19)26(30)32)34-24-5-3-2-4-22(24)29-12-10-27(11-13-29)16-33-17-27/h7-8,14,22-24H,1-6,9-13,15-17H2,(H,28,31). The van der Waals surface area contributed by atoms with Gasteiger partial charge in [0.1, 0.15) is 17.9 Å². The zero-order valence-corrected chi connectivity index (χ0v) is 19.9. The fourth-order valence-corrected chi connectivity index (χ4v) is 6.52. The lowest BCUT2D eigenvalue weighted by atomic mass is 9.76. The number of ether oxygens (including phenoxy) is 2. The summed E-state index contributed by atoms with van der Waals surface area (Å²) in [5.41, 5.74) is 2.82. The second kappa shape index (κ2) is 8.68. The van der Waals surface area contributed by atoms with Gasteiger partial charge in [-0.3, -0.25) is 14.5 Å². The summed E-state index contributed by atoms with van der Waals surface area (Å²) in [6, 6.07) is 5.87. The lowest BCUT2D eigenvalue weighted by Gasteiger charge is -2.50. The molecule has 6 rings (SSSR count). The number of nitrogens with zero attached hydrogens (tertiary/aromatic N) is 2. The molecule has 1 N–H and O–H groups in total. The van der Waals surface area contributed by atoms with Crippen LogP contribution >= 0.6 is 0 Å². The molecule has 3 unspecified atom stereocenters. The molecule has 1 aliphatic carbocycles. The summed E-state index contributed by atoms with van der Waals surface area (Å²) in [7, 11) is 0. The van der Waals surface area contributed by atoms with Crippen LogP contribution in [0, 0.1) is 5.41 Å². The number of rotatable bonds is 4. The molecule has 1 aromatic carbocycles. The SMILES string of the molecule is C=C1CCC(N2Cc3cc(OC4CCCCC4N4CCC5(CC4)COC5)ccc3C2=O)C(=O)N1. The van der Waals surface area contributed by atoms with Crippen molar-refractivity contribution in [1.82, 2.24) is 15.1 Å². The molecule has 7 nitrogen and oxygen atoms in total. The van der Waals surface area contributed by atoms with Gasteiger partial charge in [-0.05, 0) is 81.8 Å². The van der Waals surface area contributed by atoms with Gasteiger partial charge in [0.2, 0.25) is 5.91 Å². The van der Waals surface area contributed by atoms with Crippen molar-refractivity contribution < 1.29 is 19.1 Å². The van der Waals surface area contributed by atoms with E-state index in [-0.39, 0.29) is 17.9 Å². The van der Waals surface area contributed by atoms with Gasteiger partial charge in [0.05, 0.1) is 13.2 Å². The van der Waals surface area contributed by atoms with Crippen molar-refractivity contribution in [3.63, 3.8) is 0 Å². The Morgan fingerprint density at radius 3 is 2.62 bits per heavy atom. The first-order valence-corrected chi connectivity index (χ1v) is 12.9. The van der Waals surface area contributed by atoms with E-state index in [4.69, 9.17) is 9.47 Å². The Morgan fingerprint density at radius 1 is 1.09 bits per heavy atom. The van der Waals surface area contributed by atoms with E-state index >= 15 is 0 Å². The number of piperidine rings is 2. The third-order valence-electron chi connectivity index (χ3n) is 8.71. The number of likely N-dealkylation sites (tertiary alicyclic amines) is 1. The third-order valence-corrected chi connectivity index (χ3v) is 8.71. The van der Waals surface area contributed by atoms with Crippen molar-refractivity contribution >= 4 is 11.8 Å². The Morgan fingerprint density at radius 2 is 1.88 bits per heavy atom. The number of benzene rings is 1. The van der Waals surface area contributed by atoms with Crippen LogP contribution in [0.5, 0.6) is 5.75 Å². The summed E-state index contributed by atoms with van der Waals surface area (Å²) in [5, 5.41) is 2.80. The molecular formula is C27H35N3O4. The number of hydrogen-bond donors (Lipinski definition) is 1. The molecule has 7 heteroatoms. The smallest absolute Gasteiger partial charge is 0.255 e. The van der Waals surface area contributed by atoms with Gasteiger partial charge < -0.3 is 19.7 Å². The summed E-state index contributed by atoms with van der Waals surface area (Å²) in [5.74, 6) is 0.648.